The lowest BCUT2D eigenvalue weighted by atomic mass is 10.1. The van der Waals surface area contributed by atoms with E-state index < -0.39 is 0 Å². The zero-order valence-corrected chi connectivity index (χ0v) is 18.5. The molecule has 1 aliphatic rings. The molecule has 1 unspecified atom stereocenters. The van der Waals surface area contributed by atoms with Crippen LogP contribution in [0.25, 0.3) is 0 Å². The van der Waals surface area contributed by atoms with Gasteiger partial charge < -0.3 is 14.2 Å². The average molecular weight is 428 g/mol. The van der Waals surface area contributed by atoms with Crippen molar-refractivity contribution < 1.29 is 14.2 Å². The summed E-state index contributed by atoms with van der Waals surface area (Å²) in [6.45, 7) is 3.91. The van der Waals surface area contributed by atoms with Gasteiger partial charge in [-0.05, 0) is 54.9 Å². The Bertz CT molecular complexity index is 1050. The van der Waals surface area contributed by atoms with Crippen molar-refractivity contribution in [2.75, 3.05) is 13.2 Å². The van der Waals surface area contributed by atoms with E-state index in [0.717, 1.165) is 37.0 Å². The molecule has 0 bridgehead atoms. The highest BCUT2D eigenvalue weighted by Gasteiger charge is 2.15. The van der Waals surface area contributed by atoms with Crippen molar-refractivity contribution in [1.29, 1.82) is 0 Å². The van der Waals surface area contributed by atoms with E-state index in [-0.39, 0.29) is 6.10 Å². The van der Waals surface area contributed by atoms with Gasteiger partial charge in [0.15, 0.2) is 0 Å². The van der Waals surface area contributed by atoms with Gasteiger partial charge in [-0.2, -0.15) is 0 Å². The first-order chi connectivity index (χ1) is 15.8. The number of rotatable bonds is 7. The molecule has 0 radical (unpaired) electrons. The zero-order chi connectivity index (χ0) is 22.0. The molecular weight excluding hydrogens is 398 g/mol. The van der Waals surface area contributed by atoms with Crippen LogP contribution in [0.2, 0.25) is 0 Å². The maximum absolute atomic E-state index is 6.03. The molecule has 0 aliphatic carbocycles. The summed E-state index contributed by atoms with van der Waals surface area (Å²) >= 11 is 0. The van der Waals surface area contributed by atoms with E-state index in [9.17, 15) is 0 Å². The van der Waals surface area contributed by atoms with Crippen LogP contribution >= 0.6 is 0 Å². The maximum atomic E-state index is 6.03. The lowest BCUT2D eigenvalue weighted by molar-refractivity contribution is -0.0120. The van der Waals surface area contributed by atoms with Gasteiger partial charge in [0.2, 0.25) is 5.88 Å². The topological polar surface area (TPSA) is 40.6 Å². The molecule has 2 aromatic carbocycles. The summed E-state index contributed by atoms with van der Waals surface area (Å²) in [5.74, 6) is 7.56. The van der Waals surface area contributed by atoms with Gasteiger partial charge in [-0.25, -0.2) is 4.98 Å². The van der Waals surface area contributed by atoms with Gasteiger partial charge in [0, 0.05) is 24.3 Å². The first-order valence-electron chi connectivity index (χ1n) is 11.3. The van der Waals surface area contributed by atoms with Crippen LogP contribution in [0.15, 0.2) is 66.7 Å². The van der Waals surface area contributed by atoms with Crippen LogP contribution in [-0.2, 0) is 17.8 Å². The minimum atomic E-state index is 0.117. The number of nitrogens with zero attached hydrogens (tertiary/aromatic N) is 1. The molecule has 0 N–H and O–H groups in total. The van der Waals surface area contributed by atoms with Crippen molar-refractivity contribution in [2.45, 2.75) is 45.3 Å². The molecule has 164 valence electrons. The van der Waals surface area contributed by atoms with E-state index in [1.165, 1.54) is 12.0 Å². The van der Waals surface area contributed by atoms with Crippen LogP contribution in [0.1, 0.15) is 48.6 Å². The molecule has 3 aromatic rings. The summed E-state index contributed by atoms with van der Waals surface area (Å²) in [5.41, 5.74) is 3.98. The second-order valence-electron chi connectivity index (χ2n) is 7.90. The van der Waals surface area contributed by atoms with Gasteiger partial charge in [0.1, 0.15) is 24.7 Å². The van der Waals surface area contributed by atoms with Crippen molar-refractivity contribution in [1.82, 2.24) is 4.98 Å². The van der Waals surface area contributed by atoms with Gasteiger partial charge in [-0.3, -0.25) is 0 Å². The van der Waals surface area contributed by atoms with Gasteiger partial charge in [0.25, 0.3) is 0 Å². The van der Waals surface area contributed by atoms with Crippen LogP contribution in [-0.4, -0.2) is 24.3 Å². The van der Waals surface area contributed by atoms with Crippen LogP contribution in [0.4, 0.5) is 0 Å². The third kappa shape index (κ3) is 6.60. The monoisotopic (exact) mass is 427 g/mol. The summed E-state index contributed by atoms with van der Waals surface area (Å²) in [4.78, 5) is 4.59. The minimum Gasteiger partial charge on any atom is -0.489 e. The molecule has 4 rings (SSSR count). The second kappa shape index (κ2) is 11.4. The molecule has 1 aliphatic heterocycles. The molecular formula is C28H29NO3. The van der Waals surface area contributed by atoms with Crippen LogP contribution in [0, 0.1) is 11.8 Å². The SMILES string of the molecule is CCc1ccc(C#Cc2cc(OCc3ccccc3)cc(OCC3CCCCO3)n2)cc1. The predicted octanol–water partition coefficient (Wildman–Crippen LogP) is 5.57. The fourth-order valence-corrected chi connectivity index (χ4v) is 3.52. The largest absolute Gasteiger partial charge is 0.489 e. The first-order valence-corrected chi connectivity index (χ1v) is 11.3. The number of hydrogen-bond acceptors (Lipinski definition) is 4. The Morgan fingerprint density at radius 1 is 0.938 bits per heavy atom. The summed E-state index contributed by atoms with van der Waals surface area (Å²) in [5, 5.41) is 0. The summed E-state index contributed by atoms with van der Waals surface area (Å²) < 4.78 is 17.8. The third-order valence-corrected chi connectivity index (χ3v) is 5.41. The standard InChI is InChI=1S/C28H29NO3/c1-2-22-11-13-23(14-12-22)15-16-25-18-27(31-20-24-8-4-3-5-9-24)19-28(29-25)32-21-26-10-6-7-17-30-26/h3-5,8-9,11-14,18-19,26H,2,6-7,10,17,20-21H2,1H3. The van der Waals surface area contributed by atoms with Gasteiger partial charge in [0.05, 0.1) is 6.10 Å². The predicted molar refractivity (Wildman–Crippen MR) is 126 cm³/mol. The fourth-order valence-electron chi connectivity index (χ4n) is 3.52. The molecule has 1 aromatic heterocycles. The Morgan fingerprint density at radius 3 is 2.53 bits per heavy atom. The van der Waals surface area contributed by atoms with Crippen LogP contribution < -0.4 is 9.47 Å². The Hall–Kier alpha value is -3.29. The molecule has 1 saturated heterocycles. The lowest BCUT2D eigenvalue weighted by Gasteiger charge is -2.22. The quantitative estimate of drug-likeness (QED) is 0.462. The van der Waals surface area contributed by atoms with Crippen LogP contribution in [0.3, 0.4) is 0 Å². The van der Waals surface area contributed by atoms with E-state index in [2.05, 4.69) is 35.9 Å². The number of aryl methyl sites for hydroxylation is 1. The highest BCUT2D eigenvalue weighted by atomic mass is 16.5. The van der Waals surface area contributed by atoms with Gasteiger partial charge in [-0.15, -0.1) is 0 Å². The van der Waals surface area contributed by atoms with Crippen molar-refractivity contribution in [2.24, 2.45) is 0 Å². The summed E-state index contributed by atoms with van der Waals surface area (Å²) in [6, 6.07) is 22.1. The van der Waals surface area contributed by atoms with Crippen molar-refractivity contribution >= 4 is 0 Å². The Balaban J connectivity index is 1.51. The van der Waals surface area contributed by atoms with E-state index in [4.69, 9.17) is 14.2 Å². The number of hydrogen-bond donors (Lipinski definition) is 0. The van der Waals surface area contributed by atoms with Crippen molar-refractivity contribution in [3.63, 3.8) is 0 Å². The van der Waals surface area contributed by atoms with Crippen molar-refractivity contribution in [3.05, 3.63) is 89.1 Å². The normalized spacial score (nSPS) is 15.5. The average Bonchev–Trinajstić information content (AvgIpc) is 2.86. The molecule has 0 amide bonds. The lowest BCUT2D eigenvalue weighted by Crippen LogP contribution is -2.26. The third-order valence-electron chi connectivity index (χ3n) is 5.41. The molecule has 1 atom stereocenters. The summed E-state index contributed by atoms with van der Waals surface area (Å²) in [6.07, 6.45) is 4.45. The smallest absolute Gasteiger partial charge is 0.218 e. The number of benzene rings is 2. The number of pyridine rings is 1. The van der Waals surface area contributed by atoms with E-state index in [1.54, 1.807) is 0 Å². The molecule has 2 heterocycles. The molecule has 4 heteroatoms. The molecule has 0 saturated carbocycles. The van der Waals surface area contributed by atoms with E-state index in [1.807, 2.05) is 54.6 Å². The van der Waals surface area contributed by atoms with E-state index >= 15 is 0 Å². The zero-order valence-electron chi connectivity index (χ0n) is 18.5. The maximum Gasteiger partial charge on any atom is 0.218 e. The minimum absolute atomic E-state index is 0.117. The number of aromatic nitrogens is 1. The summed E-state index contributed by atoms with van der Waals surface area (Å²) in [7, 11) is 0. The highest BCUT2D eigenvalue weighted by Crippen LogP contribution is 2.22. The highest BCUT2D eigenvalue weighted by molar-refractivity contribution is 5.44. The molecule has 1 fully saturated rings. The van der Waals surface area contributed by atoms with Gasteiger partial charge in [-0.1, -0.05) is 55.3 Å². The Morgan fingerprint density at radius 2 is 1.78 bits per heavy atom. The number of ether oxygens (including phenoxy) is 3. The fraction of sp³-hybridized carbons (Fsp3) is 0.321. The molecule has 32 heavy (non-hydrogen) atoms. The Labute approximate surface area is 190 Å². The molecule has 0 spiro atoms. The van der Waals surface area contributed by atoms with E-state index in [0.29, 0.717) is 30.5 Å². The Kier molecular flexibility index (Phi) is 7.79. The second-order valence-corrected chi connectivity index (χ2v) is 7.90. The first kappa shape index (κ1) is 21.9. The molecule has 4 nitrogen and oxygen atoms in total. The van der Waals surface area contributed by atoms with Crippen molar-refractivity contribution in [3.8, 4) is 23.5 Å². The van der Waals surface area contributed by atoms with Gasteiger partial charge >= 0.3 is 0 Å². The van der Waals surface area contributed by atoms with Crippen LogP contribution in [0.5, 0.6) is 11.6 Å².